The molecule has 1 nitrogen and oxygen atoms in total. The molecule has 1 heterocycles. The zero-order valence-electron chi connectivity index (χ0n) is 6.62. The number of aromatic hydroxyl groups is 1. The Hall–Kier alpha value is -0.190. The first-order valence-corrected chi connectivity index (χ1v) is 6.10. The van der Waals surface area contributed by atoms with Gasteiger partial charge < -0.3 is 5.11 Å². The van der Waals surface area contributed by atoms with E-state index >= 15 is 0 Å². The van der Waals surface area contributed by atoms with Gasteiger partial charge in [0.05, 0.1) is 9.60 Å². The molecule has 2 aromatic rings. The molecule has 0 amide bonds. The van der Waals surface area contributed by atoms with Crippen molar-refractivity contribution in [3.8, 4) is 5.75 Å². The van der Waals surface area contributed by atoms with E-state index < -0.39 is 0 Å². The monoisotopic (exact) mass is 274 g/mol. The van der Waals surface area contributed by atoms with Crippen molar-refractivity contribution in [3.63, 3.8) is 0 Å². The van der Waals surface area contributed by atoms with E-state index in [9.17, 15) is 5.11 Å². The number of benzene rings is 1. The van der Waals surface area contributed by atoms with Crippen molar-refractivity contribution in [3.05, 3.63) is 23.1 Å². The quantitative estimate of drug-likeness (QED) is 0.599. The standard InChI is InChI=1S/C9H7BrOS2/c10-4-6-3-5-1-2-7(11)8(12)9(5)13-6/h1-3,11-12H,4H2. The highest BCUT2D eigenvalue weighted by atomic mass is 79.9. The molecule has 0 saturated carbocycles. The molecule has 1 aromatic carbocycles. The summed E-state index contributed by atoms with van der Waals surface area (Å²) in [7, 11) is 0. The van der Waals surface area contributed by atoms with Gasteiger partial charge in [0.1, 0.15) is 5.75 Å². The van der Waals surface area contributed by atoms with Crippen LogP contribution < -0.4 is 0 Å². The highest BCUT2D eigenvalue weighted by molar-refractivity contribution is 9.08. The number of hydrogen-bond acceptors (Lipinski definition) is 3. The van der Waals surface area contributed by atoms with E-state index in [1.807, 2.05) is 6.07 Å². The lowest BCUT2D eigenvalue weighted by atomic mass is 10.2. The second-order valence-electron chi connectivity index (χ2n) is 2.70. The van der Waals surface area contributed by atoms with Crippen LogP contribution in [0.2, 0.25) is 0 Å². The fourth-order valence-electron chi connectivity index (χ4n) is 1.20. The fourth-order valence-corrected chi connectivity index (χ4v) is 2.99. The van der Waals surface area contributed by atoms with Gasteiger partial charge in [-0.25, -0.2) is 0 Å². The lowest BCUT2D eigenvalue weighted by Crippen LogP contribution is -1.68. The second kappa shape index (κ2) is 3.52. The maximum absolute atomic E-state index is 9.42. The van der Waals surface area contributed by atoms with Crippen molar-refractivity contribution >= 4 is 50.0 Å². The summed E-state index contributed by atoms with van der Waals surface area (Å²) in [5.41, 5.74) is 0. The van der Waals surface area contributed by atoms with Crippen LogP contribution in [0.5, 0.6) is 5.75 Å². The van der Waals surface area contributed by atoms with Crippen LogP contribution in [0.15, 0.2) is 23.1 Å². The number of thiol groups is 1. The lowest BCUT2D eigenvalue weighted by Gasteiger charge is -1.96. The summed E-state index contributed by atoms with van der Waals surface area (Å²) in [6, 6.07) is 5.69. The van der Waals surface area contributed by atoms with Crippen LogP contribution in [-0.4, -0.2) is 5.11 Å². The minimum Gasteiger partial charge on any atom is -0.507 e. The van der Waals surface area contributed by atoms with Crippen molar-refractivity contribution < 1.29 is 5.11 Å². The van der Waals surface area contributed by atoms with E-state index in [1.165, 1.54) is 4.88 Å². The number of halogens is 1. The number of hydrogen-bond donors (Lipinski definition) is 2. The van der Waals surface area contributed by atoms with Crippen molar-refractivity contribution in [2.75, 3.05) is 0 Å². The van der Waals surface area contributed by atoms with Gasteiger partial charge in [0.15, 0.2) is 0 Å². The predicted octanol–water partition coefficient (Wildman–Crippen LogP) is 3.79. The molecule has 0 unspecified atom stereocenters. The molecule has 0 fully saturated rings. The molecule has 4 heteroatoms. The molecule has 0 saturated heterocycles. The maximum Gasteiger partial charge on any atom is 0.130 e. The van der Waals surface area contributed by atoms with Crippen LogP contribution in [0.3, 0.4) is 0 Å². The minimum absolute atomic E-state index is 0.249. The third-order valence-electron chi connectivity index (χ3n) is 1.82. The Morgan fingerprint density at radius 3 is 2.92 bits per heavy atom. The average Bonchev–Trinajstić information content (AvgIpc) is 2.55. The van der Waals surface area contributed by atoms with Crippen LogP contribution in [0, 0.1) is 0 Å². The lowest BCUT2D eigenvalue weighted by molar-refractivity contribution is 0.464. The van der Waals surface area contributed by atoms with Gasteiger partial charge in [-0.3, -0.25) is 0 Å². The van der Waals surface area contributed by atoms with Crippen LogP contribution >= 0.6 is 39.9 Å². The van der Waals surface area contributed by atoms with E-state index in [4.69, 9.17) is 0 Å². The Kier molecular flexibility index (Phi) is 2.53. The number of fused-ring (bicyclic) bond motifs is 1. The summed E-state index contributed by atoms with van der Waals surface area (Å²) in [5.74, 6) is 0.249. The minimum atomic E-state index is 0.249. The SMILES string of the molecule is Oc1ccc2cc(CBr)sc2c1S. The molecule has 0 bridgehead atoms. The topological polar surface area (TPSA) is 20.2 Å². The Morgan fingerprint density at radius 1 is 1.46 bits per heavy atom. The first kappa shape index (κ1) is 9.37. The van der Waals surface area contributed by atoms with Gasteiger partial charge in [0.25, 0.3) is 0 Å². The summed E-state index contributed by atoms with van der Waals surface area (Å²) < 4.78 is 1.05. The van der Waals surface area contributed by atoms with Crippen molar-refractivity contribution in [1.82, 2.24) is 0 Å². The van der Waals surface area contributed by atoms with Gasteiger partial charge in [-0.2, -0.15) is 0 Å². The van der Waals surface area contributed by atoms with Gasteiger partial charge >= 0.3 is 0 Å². The maximum atomic E-state index is 9.42. The van der Waals surface area contributed by atoms with E-state index in [2.05, 4.69) is 34.6 Å². The van der Waals surface area contributed by atoms with Gasteiger partial charge in [-0.05, 0) is 23.6 Å². The van der Waals surface area contributed by atoms with E-state index in [1.54, 1.807) is 17.4 Å². The largest absolute Gasteiger partial charge is 0.507 e. The summed E-state index contributed by atoms with van der Waals surface area (Å²) in [5, 5.41) is 11.4. The molecule has 0 aliphatic carbocycles. The molecule has 0 atom stereocenters. The summed E-state index contributed by atoms with van der Waals surface area (Å²) in [4.78, 5) is 1.92. The normalized spacial score (nSPS) is 10.9. The Bertz CT molecular complexity index is 450. The van der Waals surface area contributed by atoms with Gasteiger partial charge in [0.2, 0.25) is 0 Å². The fraction of sp³-hybridized carbons (Fsp3) is 0.111. The zero-order valence-corrected chi connectivity index (χ0v) is 9.92. The van der Waals surface area contributed by atoms with Crippen LogP contribution in [-0.2, 0) is 5.33 Å². The number of phenolic OH excluding ortho intramolecular Hbond substituents is 1. The third-order valence-corrected chi connectivity index (χ3v) is 4.57. The molecule has 1 aromatic heterocycles. The molecule has 2 rings (SSSR count). The summed E-state index contributed by atoms with van der Waals surface area (Å²) in [6.45, 7) is 0. The van der Waals surface area contributed by atoms with Crippen LogP contribution in [0.25, 0.3) is 10.1 Å². The molecule has 0 radical (unpaired) electrons. The Labute approximate surface area is 93.9 Å². The molecule has 13 heavy (non-hydrogen) atoms. The van der Waals surface area contributed by atoms with E-state index in [-0.39, 0.29) is 5.75 Å². The van der Waals surface area contributed by atoms with Crippen LogP contribution in [0.4, 0.5) is 0 Å². The molecule has 1 N–H and O–H groups in total. The zero-order chi connectivity index (χ0) is 9.42. The van der Waals surface area contributed by atoms with E-state index in [0.29, 0.717) is 4.90 Å². The molecule has 0 spiro atoms. The van der Waals surface area contributed by atoms with Gasteiger partial charge in [0, 0.05) is 10.2 Å². The predicted molar refractivity (Wildman–Crippen MR) is 63.4 cm³/mol. The highest BCUT2D eigenvalue weighted by Crippen LogP contribution is 2.36. The van der Waals surface area contributed by atoms with Gasteiger partial charge in [-0.1, -0.05) is 15.9 Å². The molecular weight excluding hydrogens is 268 g/mol. The first-order valence-electron chi connectivity index (χ1n) is 3.71. The Morgan fingerprint density at radius 2 is 2.23 bits per heavy atom. The van der Waals surface area contributed by atoms with Crippen molar-refractivity contribution in [2.24, 2.45) is 0 Å². The van der Waals surface area contributed by atoms with Gasteiger partial charge in [-0.15, -0.1) is 24.0 Å². The molecule has 0 aliphatic rings. The molecular formula is C9H7BrOS2. The van der Waals surface area contributed by atoms with Crippen molar-refractivity contribution in [1.29, 1.82) is 0 Å². The molecule has 0 aliphatic heterocycles. The summed E-state index contributed by atoms with van der Waals surface area (Å²) in [6.07, 6.45) is 0. The Balaban J connectivity index is 2.76. The number of phenols is 1. The second-order valence-corrected chi connectivity index (χ2v) is 4.84. The van der Waals surface area contributed by atoms with Crippen LogP contribution in [0.1, 0.15) is 4.88 Å². The van der Waals surface area contributed by atoms with Crippen molar-refractivity contribution in [2.45, 2.75) is 10.2 Å². The molecule has 68 valence electrons. The average molecular weight is 275 g/mol. The number of alkyl halides is 1. The van der Waals surface area contributed by atoms with E-state index in [0.717, 1.165) is 15.4 Å². The number of rotatable bonds is 1. The third kappa shape index (κ3) is 1.58. The first-order chi connectivity index (χ1) is 6.22. The number of thiophene rings is 1. The summed E-state index contributed by atoms with van der Waals surface area (Å²) >= 11 is 9.32. The smallest absolute Gasteiger partial charge is 0.130 e. The highest BCUT2D eigenvalue weighted by Gasteiger charge is 2.06.